The summed E-state index contributed by atoms with van der Waals surface area (Å²) in [7, 11) is 0. The Balaban J connectivity index is 2.22. The van der Waals surface area contributed by atoms with Gasteiger partial charge >= 0.3 is 0 Å². The lowest BCUT2D eigenvalue weighted by molar-refractivity contribution is -0.000766. The van der Waals surface area contributed by atoms with E-state index in [2.05, 4.69) is 0 Å². The molecule has 0 fully saturated rings. The molecule has 2 atom stereocenters. The van der Waals surface area contributed by atoms with Crippen molar-refractivity contribution in [3.05, 3.63) is 47.5 Å². The van der Waals surface area contributed by atoms with Gasteiger partial charge in [0.1, 0.15) is 6.10 Å². The number of ether oxygens (including phenoxy) is 3. The molecule has 0 aliphatic rings. The fourth-order valence-electron chi connectivity index (χ4n) is 2.92. The Bertz CT molecular complexity index is 763. The second-order valence-electron chi connectivity index (χ2n) is 6.49. The summed E-state index contributed by atoms with van der Waals surface area (Å²) in [4.78, 5) is 0. The molecule has 0 aromatic heterocycles. The molecule has 7 heteroatoms. The third-order valence-electron chi connectivity index (χ3n) is 4.37. The van der Waals surface area contributed by atoms with Gasteiger partial charge in [-0.25, -0.2) is 0 Å². The minimum Gasteiger partial charge on any atom is -0.504 e. The topological polar surface area (TPSA) is 109 Å². The Morgan fingerprint density at radius 3 is 2.28 bits per heavy atom. The normalized spacial score (nSPS) is 13.0. The number of aliphatic hydroxyl groups is 3. The first-order chi connectivity index (χ1) is 14.0. The summed E-state index contributed by atoms with van der Waals surface area (Å²) < 4.78 is 16.9. The molecule has 0 aliphatic heterocycles. The minimum atomic E-state index is -1.15. The monoisotopic (exact) mass is 406 g/mol. The largest absolute Gasteiger partial charge is 0.504 e. The third kappa shape index (κ3) is 6.25. The molecule has 0 radical (unpaired) electrons. The van der Waals surface area contributed by atoms with E-state index in [1.807, 2.05) is 19.1 Å². The third-order valence-corrected chi connectivity index (χ3v) is 4.37. The highest BCUT2D eigenvalue weighted by molar-refractivity contribution is 5.44. The van der Waals surface area contributed by atoms with E-state index < -0.39 is 18.8 Å². The van der Waals surface area contributed by atoms with Crippen LogP contribution in [0.1, 0.15) is 37.5 Å². The molecule has 0 amide bonds. The van der Waals surface area contributed by atoms with Crippen LogP contribution in [-0.4, -0.2) is 53.0 Å². The molecule has 0 aliphatic carbocycles. The maximum absolute atomic E-state index is 10.7. The van der Waals surface area contributed by atoms with Gasteiger partial charge in [0.05, 0.1) is 19.8 Å². The van der Waals surface area contributed by atoms with E-state index in [9.17, 15) is 15.3 Å². The minimum absolute atomic E-state index is 0.0265. The molecule has 2 aromatic rings. The van der Waals surface area contributed by atoms with E-state index in [0.717, 1.165) is 5.56 Å². The molecular formula is C22H30O7. The highest BCUT2D eigenvalue weighted by Crippen LogP contribution is 2.34. The summed E-state index contributed by atoms with van der Waals surface area (Å²) in [6, 6.07) is 9.94. The smallest absolute Gasteiger partial charge is 0.161 e. The predicted molar refractivity (Wildman–Crippen MR) is 109 cm³/mol. The standard InChI is InChI=1S/C22H30O7/c1-3-27-19-13-16(8-9-17(19)25)22(26)21(14-24)29-18-10-7-15(6-5-11-23)12-20(18)28-4-2/h7-10,12-13,21-26H,3-6,11,14H2,1-2H3/t21-,22+/m1/s1. The van der Waals surface area contributed by atoms with Crippen LogP contribution in [-0.2, 0) is 6.42 Å². The van der Waals surface area contributed by atoms with Crippen molar-refractivity contribution >= 4 is 0 Å². The SMILES string of the molecule is CCOc1cc([C@H](O)[C@@H](CO)Oc2ccc(CCCO)cc2OCC)ccc1O. The number of hydrogen-bond donors (Lipinski definition) is 4. The van der Waals surface area contributed by atoms with Crippen LogP contribution in [0.2, 0.25) is 0 Å². The van der Waals surface area contributed by atoms with Gasteiger partial charge < -0.3 is 34.6 Å². The Kier molecular flexibility index (Phi) is 9.05. The van der Waals surface area contributed by atoms with Crippen LogP contribution >= 0.6 is 0 Å². The van der Waals surface area contributed by atoms with Gasteiger partial charge in [0, 0.05) is 6.61 Å². The Labute approximate surface area is 171 Å². The van der Waals surface area contributed by atoms with Crippen LogP contribution in [0.4, 0.5) is 0 Å². The average Bonchev–Trinajstić information content (AvgIpc) is 2.73. The molecule has 2 rings (SSSR count). The van der Waals surface area contributed by atoms with Crippen molar-refractivity contribution in [2.45, 2.75) is 38.9 Å². The quantitative estimate of drug-likeness (QED) is 0.429. The summed E-state index contributed by atoms with van der Waals surface area (Å²) in [5.41, 5.74) is 1.44. The molecule has 0 saturated carbocycles. The van der Waals surface area contributed by atoms with Crippen molar-refractivity contribution in [2.75, 3.05) is 26.4 Å². The molecular weight excluding hydrogens is 376 g/mol. The van der Waals surface area contributed by atoms with Crippen LogP contribution in [0.5, 0.6) is 23.0 Å². The molecule has 0 saturated heterocycles. The van der Waals surface area contributed by atoms with Gasteiger partial charge in [0.2, 0.25) is 0 Å². The van der Waals surface area contributed by atoms with Crippen molar-refractivity contribution in [1.29, 1.82) is 0 Å². The average molecular weight is 406 g/mol. The Hall–Kier alpha value is -2.48. The highest BCUT2D eigenvalue weighted by Gasteiger charge is 2.25. The molecule has 4 N–H and O–H groups in total. The lowest BCUT2D eigenvalue weighted by Gasteiger charge is -2.24. The fraction of sp³-hybridized carbons (Fsp3) is 0.455. The van der Waals surface area contributed by atoms with Crippen molar-refractivity contribution in [2.24, 2.45) is 0 Å². The van der Waals surface area contributed by atoms with Crippen molar-refractivity contribution in [3.63, 3.8) is 0 Å². The molecule has 7 nitrogen and oxygen atoms in total. The van der Waals surface area contributed by atoms with Gasteiger partial charge in [-0.3, -0.25) is 0 Å². The molecule has 29 heavy (non-hydrogen) atoms. The summed E-state index contributed by atoms with van der Waals surface area (Å²) in [6.07, 6.45) is -0.747. The van der Waals surface area contributed by atoms with E-state index in [-0.39, 0.29) is 18.1 Å². The van der Waals surface area contributed by atoms with E-state index in [1.54, 1.807) is 19.1 Å². The van der Waals surface area contributed by atoms with Crippen molar-refractivity contribution < 1.29 is 34.6 Å². The van der Waals surface area contributed by atoms with Crippen LogP contribution in [0.25, 0.3) is 0 Å². The highest BCUT2D eigenvalue weighted by atomic mass is 16.5. The van der Waals surface area contributed by atoms with Gasteiger partial charge in [-0.05, 0) is 62.1 Å². The summed E-state index contributed by atoms with van der Waals surface area (Å²) in [5.74, 6) is 1.14. The number of aliphatic hydroxyl groups excluding tert-OH is 3. The summed E-state index contributed by atoms with van der Waals surface area (Å²) >= 11 is 0. The van der Waals surface area contributed by atoms with Crippen molar-refractivity contribution in [3.8, 4) is 23.0 Å². The zero-order valence-electron chi connectivity index (χ0n) is 16.9. The number of phenolic OH excluding ortho intramolecular Hbond substituents is 1. The molecule has 0 unspecified atom stereocenters. The molecule has 2 aromatic carbocycles. The van der Waals surface area contributed by atoms with Gasteiger partial charge in [0.15, 0.2) is 29.1 Å². The number of rotatable bonds is 12. The molecule has 0 heterocycles. The van der Waals surface area contributed by atoms with E-state index >= 15 is 0 Å². The van der Waals surface area contributed by atoms with Gasteiger partial charge in [0.25, 0.3) is 0 Å². The first kappa shape index (κ1) is 22.8. The van der Waals surface area contributed by atoms with E-state index in [4.69, 9.17) is 19.3 Å². The molecule has 0 bridgehead atoms. The predicted octanol–water partition coefficient (Wildman–Crippen LogP) is 2.59. The molecule has 0 spiro atoms. The van der Waals surface area contributed by atoms with E-state index in [1.165, 1.54) is 12.1 Å². The van der Waals surface area contributed by atoms with Crippen LogP contribution in [0.3, 0.4) is 0 Å². The van der Waals surface area contributed by atoms with Gasteiger partial charge in [-0.2, -0.15) is 0 Å². The number of benzene rings is 2. The van der Waals surface area contributed by atoms with Crippen LogP contribution < -0.4 is 14.2 Å². The first-order valence-corrected chi connectivity index (χ1v) is 9.81. The Morgan fingerprint density at radius 1 is 0.897 bits per heavy atom. The van der Waals surface area contributed by atoms with Crippen molar-refractivity contribution in [1.82, 2.24) is 0 Å². The number of aryl methyl sites for hydroxylation is 1. The number of aromatic hydroxyl groups is 1. The molecule has 160 valence electrons. The lowest BCUT2D eigenvalue weighted by atomic mass is 10.0. The maximum Gasteiger partial charge on any atom is 0.161 e. The number of hydrogen-bond acceptors (Lipinski definition) is 7. The van der Waals surface area contributed by atoms with Crippen LogP contribution in [0.15, 0.2) is 36.4 Å². The van der Waals surface area contributed by atoms with Gasteiger partial charge in [-0.1, -0.05) is 12.1 Å². The second kappa shape index (κ2) is 11.5. The second-order valence-corrected chi connectivity index (χ2v) is 6.49. The number of phenols is 1. The van der Waals surface area contributed by atoms with Gasteiger partial charge in [-0.15, -0.1) is 0 Å². The fourth-order valence-corrected chi connectivity index (χ4v) is 2.92. The summed E-state index contributed by atoms with van der Waals surface area (Å²) in [5, 5.41) is 39.4. The zero-order chi connectivity index (χ0) is 21.2. The van der Waals surface area contributed by atoms with E-state index in [0.29, 0.717) is 43.1 Å². The Morgan fingerprint density at radius 2 is 1.62 bits per heavy atom. The first-order valence-electron chi connectivity index (χ1n) is 9.81. The zero-order valence-corrected chi connectivity index (χ0v) is 16.9. The lowest BCUT2D eigenvalue weighted by Crippen LogP contribution is -2.29. The summed E-state index contributed by atoms with van der Waals surface area (Å²) in [6.45, 7) is 4.13. The maximum atomic E-state index is 10.7. The van der Waals surface area contributed by atoms with Crippen LogP contribution in [0, 0.1) is 0 Å².